The van der Waals surface area contributed by atoms with Crippen molar-refractivity contribution in [1.29, 1.82) is 0 Å². The predicted molar refractivity (Wildman–Crippen MR) is 103 cm³/mol. The first-order valence-electron chi connectivity index (χ1n) is 8.72. The van der Waals surface area contributed by atoms with Gasteiger partial charge >= 0.3 is 0 Å². The second-order valence-corrected chi connectivity index (χ2v) is 6.17. The van der Waals surface area contributed by atoms with Crippen molar-refractivity contribution in [3.05, 3.63) is 70.5 Å². The molecule has 0 bridgehead atoms. The average molecular weight is 361 g/mol. The SMILES string of the molecule is CCn1nnc2cc(Cn3nc(-c4cccc(OC)c4)ccc3=O)ccc21. The molecule has 27 heavy (non-hydrogen) atoms. The highest BCUT2D eigenvalue weighted by Crippen LogP contribution is 2.21. The predicted octanol–water partition coefficient (Wildman–Crippen LogP) is 2.73. The van der Waals surface area contributed by atoms with Crippen LogP contribution in [0.3, 0.4) is 0 Å². The van der Waals surface area contributed by atoms with E-state index < -0.39 is 0 Å². The topological polar surface area (TPSA) is 74.8 Å². The minimum Gasteiger partial charge on any atom is -0.497 e. The van der Waals surface area contributed by atoms with Gasteiger partial charge in [0.2, 0.25) is 0 Å². The van der Waals surface area contributed by atoms with Gasteiger partial charge in [0.15, 0.2) is 0 Å². The van der Waals surface area contributed by atoms with Crippen LogP contribution in [-0.4, -0.2) is 31.9 Å². The lowest BCUT2D eigenvalue weighted by Gasteiger charge is -2.08. The van der Waals surface area contributed by atoms with Gasteiger partial charge in [0.25, 0.3) is 5.56 Å². The number of fused-ring (bicyclic) bond motifs is 1. The summed E-state index contributed by atoms with van der Waals surface area (Å²) in [5.74, 6) is 0.747. The number of hydrogen-bond acceptors (Lipinski definition) is 5. The van der Waals surface area contributed by atoms with Crippen LogP contribution in [0.15, 0.2) is 59.4 Å². The normalized spacial score (nSPS) is 11.0. The Balaban J connectivity index is 1.68. The van der Waals surface area contributed by atoms with E-state index in [2.05, 4.69) is 15.4 Å². The Morgan fingerprint density at radius 1 is 1.04 bits per heavy atom. The van der Waals surface area contributed by atoms with Crippen LogP contribution in [0.4, 0.5) is 0 Å². The van der Waals surface area contributed by atoms with Crippen molar-refractivity contribution in [2.75, 3.05) is 7.11 Å². The van der Waals surface area contributed by atoms with Crippen LogP contribution in [0.2, 0.25) is 0 Å². The van der Waals surface area contributed by atoms with E-state index in [4.69, 9.17) is 4.74 Å². The van der Waals surface area contributed by atoms with Crippen molar-refractivity contribution < 1.29 is 4.74 Å². The number of rotatable bonds is 5. The molecule has 0 unspecified atom stereocenters. The third-order valence-corrected chi connectivity index (χ3v) is 4.44. The van der Waals surface area contributed by atoms with Crippen LogP contribution in [0.5, 0.6) is 5.75 Å². The zero-order valence-electron chi connectivity index (χ0n) is 15.2. The van der Waals surface area contributed by atoms with Gasteiger partial charge in [0, 0.05) is 18.2 Å². The first-order chi connectivity index (χ1) is 13.2. The van der Waals surface area contributed by atoms with Crippen molar-refractivity contribution >= 4 is 11.0 Å². The number of methoxy groups -OCH3 is 1. The third-order valence-electron chi connectivity index (χ3n) is 4.44. The molecule has 4 rings (SSSR count). The van der Waals surface area contributed by atoms with Gasteiger partial charge in [-0.2, -0.15) is 5.10 Å². The molecule has 2 aromatic carbocycles. The molecule has 0 aliphatic rings. The summed E-state index contributed by atoms with van der Waals surface area (Å²) in [6, 6.07) is 16.8. The maximum absolute atomic E-state index is 12.3. The summed E-state index contributed by atoms with van der Waals surface area (Å²) >= 11 is 0. The van der Waals surface area contributed by atoms with E-state index in [1.807, 2.05) is 54.1 Å². The van der Waals surface area contributed by atoms with Gasteiger partial charge in [-0.15, -0.1) is 5.10 Å². The molecule has 0 aliphatic heterocycles. The maximum Gasteiger partial charge on any atom is 0.267 e. The molecule has 0 aliphatic carbocycles. The number of aryl methyl sites for hydroxylation is 1. The summed E-state index contributed by atoms with van der Waals surface area (Å²) in [5.41, 5.74) is 4.19. The molecule has 7 nitrogen and oxygen atoms in total. The third kappa shape index (κ3) is 3.31. The summed E-state index contributed by atoms with van der Waals surface area (Å²) in [6.07, 6.45) is 0. The van der Waals surface area contributed by atoms with E-state index >= 15 is 0 Å². The Kier molecular flexibility index (Phi) is 4.42. The summed E-state index contributed by atoms with van der Waals surface area (Å²) in [4.78, 5) is 12.3. The monoisotopic (exact) mass is 361 g/mol. The van der Waals surface area contributed by atoms with Crippen LogP contribution in [0, 0.1) is 0 Å². The lowest BCUT2D eigenvalue weighted by Crippen LogP contribution is -2.22. The van der Waals surface area contributed by atoms with Crippen LogP contribution < -0.4 is 10.3 Å². The van der Waals surface area contributed by atoms with E-state index in [0.29, 0.717) is 12.2 Å². The number of nitrogens with zero attached hydrogens (tertiary/aromatic N) is 5. The smallest absolute Gasteiger partial charge is 0.267 e. The fraction of sp³-hybridized carbons (Fsp3) is 0.200. The Morgan fingerprint density at radius 2 is 1.93 bits per heavy atom. The lowest BCUT2D eigenvalue weighted by atomic mass is 10.1. The van der Waals surface area contributed by atoms with Crippen molar-refractivity contribution in [2.45, 2.75) is 20.0 Å². The van der Waals surface area contributed by atoms with Crippen LogP contribution in [0.1, 0.15) is 12.5 Å². The molecule has 0 saturated carbocycles. The molecular weight excluding hydrogens is 342 g/mol. The molecule has 2 heterocycles. The molecule has 7 heteroatoms. The highest BCUT2D eigenvalue weighted by atomic mass is 16.5. The Bertz CT molecular complexity index is 1160. The quantitative estimate of drug-likeness (QED) is 0.546. The highest BCUT2D eigenvalue weighted by Gasteiger charge is 2.08. The first-order valence-corrected chi connectivity index (χ1v) is 8.72. The van der Waals surface area contributed by atoms with Gasteiger partial charge in [-0.05, 0) is 42.8 Å². The number of aromatic nitrogens is 5. The van der Waals surface area contributed by atoms with Gasteiger partial charge in [-0.25, -0.2) is 9.36 Å². The van der Waals surface area contributed by atoms with E-state index in [0.717, 1.165) is 34.5 Å². The first kappa shape index (κ1) is 17.0. The average Bonchev–Trinajstić information content (AvgIpc) is 3.12. The van der Waals surface area contributed by atoms with Gasteiger partial charge in [0.1, 0.15) is 11.3 Å². The zero-order valence-corrected chi connectivity index (χ0v) is 15.2. The molecule has 0 saturated heterocycles. The summed E-state index contributed by atoms with van der Waals surface area (Å²) in [7, 11) is 1.62. The minimum atomic E-state index is -0.154. The molecule has 0 N–H and O–H groups in total. The van der Waals surface area contributed by atoms with Crippen molar-refractivity contribution in [2.24, 2.45) is 0 Å². The summed E-state index contributed by atoms with van der Waals surface area (Å²) < 4.78 is 8.57. The highest BCUT2D eigenvalue weighted by molar-refractivity contribution is 5.75. The Hall–Kier alpha value is -3.48. The minimum absolute atomic E-state index is 0.154. The zero-order chi connectivity index (χ0) is 18.8. The molecule has 0 atom stereocenters. The van der Waals surface area contributed by atoms with Gasteiger partial charge < -0.3 is 4.74 Å². The molecule has 2 aromatic heterocycles. The lowest BCUT2D eigenvalue weighted by molar-refractivity contribution is 0.415. The molecule has 4 aromatic rings. The molecule has 0 radical (unpaired) electrons. The van der Waals surface area contributed by atoms with Crippen molar-refractivity contribution in [3.63, 3.8) is 0 Å². The van der Waals surface area contributed by atoms with Crippen molar-refractivity contribution in [1.82, 2.24) is 24.8 Å². The summed E-state index contributed by atoms with van der Waals surface area (Å²) in [5, 5.41) is 12.8. The Morgan fingerprint density at radius 3 is 2.74 bits per heavy atom. The van der Waals surface area contributed by atoms with Crippen LogP contribution in [-0.2, 0) is 13.1 Å². The fourth-order valence-corrected chi connectivity index (χ4v) is 3.02. The van der Waals surface area contributed by atoms with Crippen LogP contribution >= 0.6 is 0 Å². The van der Waals surface area contributed by atoms with E-state index in [-0.39, 0.29) is 5.56 Å². The molecular formula is C20H19N5O2. The van der Waals surface area contributed by atoms with Gasteiger partial charge in [0.05, 0.1) is 24.9 Å². The van der Waals surface area contributed by atoms with E-state index in [1.54, 1.807) is 13.2 Å². The fourth-order valence-electron chi connectivity index (χ4n) is 3.02. The summed E-state index contributed by atoms with van der Waals surface area (Å²) in [6.45, 7) is 3.15. The van der Waals surface area contributed by atoms with E-state index in [1.165, 1.54) is 10.7 Å². The molecule has 136 valence electrons. The second-order valence-electron chi connectivity index (χ2n) is 6.17. The second kappa shape index (κ2) is 7.03. The number of hydrogen-bond donors (Lipinski definition) is 0. The number of benzene rings is 2. The van der Waals surface area contributed by atoms with Crippen molar-refractivity contribution in [3.8, 4) is 17.0 Å². The van der Waals surface area contributed by atoms with Gasteiger partial charge in [-0.3, -0.25) is 4.79 Å². The van der Waals surface area contributed by atoms with E-state index in [9.17, 15) is 4.79 Å². The molecule has 0 amide bonds. The largest absolute Gasteiger partial charge is 0.497 e. The van der Waals surface area contributed by atoms with Crippen LogP contribution in [0.25, 0.3) is 22.3 Å². The molecule has 0 fully saturated rings. The standard InChI is InChI=1S/C20H19N5O2/c1-3-24-19-9-7-14(11-18(19)21-23-24)13-25-20(26)10-8-17(22-25)15-5-4-6-16(12-15)27-2/h4-12H,3,13H2,1-2H3. The molecule has 0 spiro atoms. The maximum atomic E-state index is 12.3. The Labute approximate surface area is 155 Å². The van der Waals surface area contributed by atoms with Gasteiger partial charge in [-0.1, -0.05) is 23.4 Å². The number of ether oxygens (including phenoxy) is 1.